The van der Waals surface area contributed by atoms with E-state index in [4.69, 9.17) is 5.11 Å². The Kier molecular flexibility index (Phi) is 8.38. The van der Waals surface area contributed by atoms with Crippen molar-refractivity contribution in [3.63, 3.8) is 0 Å². The lowest BCUT2D eigenvalue weighted by molar-refractivity contribution is -0.179. The van der Waals surface area contributed by atoms with Crippen LogP contribution in [-0.4, -0.2) is 40.1 Å². The average Bonchev–Trinajstić information content (AvgIpc) is 2.32. The SMILES string of the molecule is CCCC[C@H](NC(=O)C(CSC(C)=O)C(F)(F)F)C(=O)O. The van der Waals surface area contributed by atoms with Crippen molar-refractivity contribution in [3.05, 3.63) is 0 Å². The molecule has 0 aromatic carbocycles. The summed E-state index contributed by atoms with van der Waals surface area (Å²) < 4.78 is 38.4. The summed E-state index contributed by atoms with van der Waals surface area (Å²) in [4.78, 5) is 33.3. The second kappa shape index (κ2) is 8.91. The maximum absolute atomic E-state index is 12.8. The lowest BCUT2D eigenvalue weighted by atomic mass is 10.1. The quantitative estimate of drug-likeness (QED) is 0.713. The van der Waals surface area contributed by atoms with Crippen molar-refractivity contribution in [1.29, 1.82) is 0 Å². The van der Waals surface area contributed by atoms with Crippen LogP contribution >= 0.6 is 11.8 Å². The number of carbonyl (C=O) groups excluding carboxylic acids is 2. The monoisotopic (exact) mass is 329 g/mol. The van der Waals surface area contributed by atoms with Gasteiger partial charge in [-0.3, -0.25) is 9.59 Å². The van der Waals surface area contributed by atoms with Crippen molar-refractivity contribution in [1.82, 2.24) is 5.32 Å². The zero-order chi connectivity index (χ0) is 16.6. The fourth-order valence-corrected chi connectivity index (χ4v) is 2.20. The Morgan fingerprint density at radius 1 is 1.29 bits per heavy atom. The second-order valence-corrected chi connectivity index (χ2v) is 5.64. The minimum absolute atomic E-state index is 0.0575. The third-order valence-corrected chi connectivity index (χ3v) is 3.53. The minimum Gasteiger partial charge on any atom is -0.480 e. The molecule has 0 saturated carbocycles. The van der Waals surface area contributed by atoms with E-state index in [1.807, 2.05) is 5.32 Å². The molecule has 0 rings (SSSR count). The lowest BCUT2D eigenvalue weighted by Gasteiger charge is -2.21. The number of thioether (sulfide) groups is 1. The fourth-order valence-electron chi connectivity index (χ4n) is 1.46. The number of unbranched alkanes of at least 4 members (excludes halogenated alkanes) is 1. The summed E-state index contributed by atoms with van der Waals surface area (Å²) in [5.74, 6) is -5.96. The summed E-state index contributed by atoms with van der Waals surface area (Å²) in [6.07, 6.45) is -3.65. The molecule has 21 heavy (non-hydrogen) atoms. The van der Waals surface area contributed by atoms with Crippen LogP contribution in [0.5, 0.6) is 0 Å². The minimum atomic E-state index is -4.83. The summed E-state index contributed by atoms with van der Waals surface area (Å²) in [7, 11) is 0. The molecule has 0 heterocycles. The number of hydrogen-bond donors (Lipinski definition) is 2. The highest BCUT2D eigenvalue weighted by Crippen LogP contribution is 2.29. The van der Waals surface area contributed by atoms with Crippen molar-refractivity contribution >= 4 is 28.8 Å². The molecule has 0 spiro atoms. The molecule has 0 radical (unpaired) electrons. The lowest BCUT2D eigenvalue weighted by Crippen LogP contribution is -2.48. The van der Waals surface area contributed by atoms with Gasteiger partial charge < -0.3 is 10.4 Å². The van der Waals surface area contributed by atoms with Crippen LogP contribution in [0.2, 0.25) is 0 Å². The molecule has 0 aromatic rings. The van der Waals surface area contributed by atoms with Crippen molar-refractivity contribution < 1.29 is 32.7 Å². The van der Waals surface area contributed by atoms with Crippen LogP contribution in [0.1, 0.15) is 33.1 Å². The van der Waals surface area contributed by atoms with E-state index in [0.29, 0.717) is 24.6 Å². The van der Waals surface area contributed by atoms with Crippen molar-refractivity contribution in [2.75, 3.05) is 5.75 Å². The van der Waals surface area contributed by atoms with E-state index >= 15 is 0 Å². The molecule has 0 aliphatic heterocycles. The van der Waals surface area contributed by atoms with Gasteiger partial charge >= 0.3 is 12.1 Å². The predicted octanol–water partition coefficient (Wildman–Crippen LogP) is 2.20. The van der Waals surface area contributed by atoms with Crippen LogP contribution in [0, 0.1) is 5.92 Å². The van der Waals surface area contributed by atoms with Crippen molar-refractivity contribution in [2.45, 2.75) is 45.3 Å². The summed E-state index contributed by atoms with van der Waals surface area (Å²) in [5.41, 5.74) is 0. The highest BCUT2D eigenvalue weighted by Gasteiger charge is 2.45. The first kappa shape index (κ1) is 19.8. The Labute approximate surface area is 124 Å². The van der Waals surface area contributed by atoms with Gasteiger partial charge in [-0.1, -0.05) is 31.5 Å². The molecule has 0 bridgehead atoms. The summed E-state index contributed by atoms with van der Waals surface area (Å²) in [6.45, 7) is 2.89. The highest BCUT2D eigenvalue weighted by molar-refractivity contribution is 8.13. The smallest absolute Gasteiger partial charge is 0.401 e. The van der Waals surface area contributed by atoms with Gasteiger partial charge in [-0.25, -0.2) is 4.79 Å². The van der Waals surface area contributed by atoms with Crippen LogP contribution in [0.25, 0.3) is 0 Å². The van der Waals surface area contributed by atoms with Gasteiger partial charge in [0.1, 0.15) is 12.0 Å². The number of aliphatic carboxylic acids is 1. The molecule has 5 nitrogen and oxygen atoms in total. The zero-order valence-corrected chi connectivity index (χ0v) is 12.5. The summed E-state index contributed by atoms with van der Waals surface area (Å²) >= 11 is 0.381. The van der Waals surface area contributed by atoms with Crippen LogP contribution in [0.3, 0.4) is 0 Å². The third kappa shape index (κ3) is 7.93. The number of carbonyl (C=O) groups is 3. The normalized spacial score (nSPS) is 14.3. The molecule has 0 saturated heterocycles. The Morgan fingerprint density at radius 3 is 2.24 bits per heavy atom. The number of alkyl halides is 3. The van der Waals surface area contributed by atoms with E-state index in [1.165, 1.54) is 0 Å². The number of nitrogens with one attached hydrogen (secondary N) is 1. The van der Waals surface area contributed by atoms with Gasteiger partial charge in [0.25, 0.3) is 0 Å². The Bertz CT molecular complexity index is 387. The van der Waals surface area contributed by atoms with Crippen molar-refractivity contribution in [3.8, 4) is 0 Å². The number of amides is 1. The molecular weight excluding hydrogens is 311 g/mol. The van der Waals surface area contributed by atoms with Crippen LogP contribution < -0.4 is 5.32 Å². The molecule has 0 aliphatic rings. The first-order valence-corrected chi connectivity index (χ1v) is 7.31. The molecule has 2 atom stereocenters. The van der Waals surface area contributed by atoms with Crippen LogP contribution in [-0.2, 0) is 14.4 Å². The first-order chi connectivity index (χ1) is 9.59. The Balaban J connectivity index is 4.85. The number of hydrogen-bond acceptors (Lipinski definition) is 4. The fraction of sp³-hybridized carbons (Fsp3) is 0.750. The van der Waals surface area contributed by atoms with Gasteiger partial charge in [0.2, 0.25) is 5.91 Å². The Hall–Kier alpha value is -1.25. The maximum atomic E-state index is 12.8. The average molecular weight is 329 g/mol. The van der Waals surface area contributed by atoms with Gasteiger partial charge in [-0.15, -0.1) is 0 Å². The number of carboxylic acid groups (broad SMARTS) is 1. The van der Waals surface area contributed by atoms with E-state index in [1.54, 1.807) is 6.92 Å². The standard InChI is InChI=1S/C12H18F3NO4S/c1-3-4-5-9(11(19)20)16-10(18)8(12(13,14)15)6-21-7(2)17/h8-9H,3-6H2,1-2H3,(H,16,18)(H,19,20)/t8?,9-/m0/s1. The van der Waals surface area contributed by atoms with Gasteiger partial charge in [-0.2, -0.15) is 13.2 Å². The molecule has 9 heteroatoms. The van der Waals surface area contributed by atoms with Crippen LogP contribution in [0.15, 0.2) is 0 Å². The van der Waals surface area contributed by atoms with Gasteiger partial charge in [0.15, 0.2) is 5.12 Å². The number of rotatable bonds is 8. The molecule has 0 aromatic heterocycles. The third-order valence-electron chi connectivity index (χ3n) is 2.63. The van der Waals surface area contributed by atoms with E-state index < -0.39 is 40.9 Å². The Morgan fingerprint density at radius 2 is 1.86 bits per heavy atom. The van der Waals surface area contributed by atoms with E-state index in [-0.39, 0.29) is 6.42 Å². The van der Waals surface area contributed by atoms with Gasteiger partial charge in [-0.05, 0) is 6.42 Å². The van der Waals surface area contributed by atoms with Crippen molar-refractivity contribution in [2.24, 2.45) is 5.92 Å². The molecule has 0 aliphatic carbocycles. The molecule has 0 fully saturated rings. The van der Waals surface area contributed by atoms with Gasteiger partial charge in [0, 0.05) is 12.7 Å². The molecule has 122 valence electrons. The van der Waals surface area contributed by atoms with Crippen LogP contribution in [0.4, 0.5) is 13.2 Å². The predicted molar refractivity (Wildman–Crippen MR) is 71.8 cm³/mol. The van der Waals surface area contributed by atoms with E-state index in [0.717, 1.165) is 6.92 Å². The zero-order valence-electron chi connectivity index (χ0n) is 11.7. The van der Waals surface area contributed by atoms with E-state index in [2.05, 4.69) is 0 Å². The topological polar surface area (TPSA) is 83.5 Å². The number of carboxylic acids is 1. The maximum Gasteiger partial charge on any atom is 0.401 e. The molecule has 2 N–H and O–H groups in total. The summed E-state index contributed by atoms with van der Waals surface area (Å²) in [6, 6.07) is -1.36. The number of halogens is 3. The van der Waals surface area contributed by atoms with E-state index in [9.17, 15) is 27.6 Å². The largest absolute Gasteiger partial charge is 0.480 e. The first-order valence-electron chi connectivity index (χ1n) is 6.32. The molecule has 1 amide bonds. The summed E-state index contributed by atoms with van der Waals surface area (Å²) in [5, 5.41) is 10.3. The molecular formula is C12H18F3NO4S. The molecule has 1 unspecified atom stereocenters. The van der Waals surface area contributed by atoms with Gasteiger partial charge in [0.05, 0.1) is 0 Å². The second-order valence-electron chi connectivity index (χ2n) is 4.44. The highest BCUT2D eigenvalue weighted by atomic mass is 32.2.